The highest BCUT2D eigenvalue weighted by Crippen LogP contribution is 2.41. The third-order valence-electron chi connectivity index (χ3n) is 4.33. The molecule has 0 saturated carbocycles. The molecule has 0 aliphatic heterocycles. The lowest BCUT2D eigenvalue weighted by Crippen LogP contribution is -2.14. The zero-order valence-corrected chi connectivity index (χ0v) is 19.1. The van der Waals surface area contributed by atoms with Gasteiger partial charge in [-0.15, -0.1) is 21.5 Å². The quantitative estimate of drug-likeness (QED) is 0.483. The van der Waals surface area contributed by atoms with E-state index in [1.165, 1.54) is 23.1 Å². The Bertz CT molecular complexity index is 1090. The molecule has 2 aromatic heterocycles. The number of thioether (sulfide) groups is 1. The molecule has 0 aliphatic rings. The molecule has 0 unspecified atom stereocenters. The van der Waals surface area contributed by atoms with Gasteiger partial charge in [-0.3, -0.25) is 4.79 Å². The third kappa shape index (κ3) is 4.76. The highest BCUT2D eigenvalue weighted by Gasteiger charge is 2.20. The lowest BCUT2D eigenvalue weighted by Gasteiger charge is -2.14. The maximum absolute atomic E-state index is 12.3. The van der Waals surface area contributed by atoms with Crippen LogP contribution in [0.4, 0.5) is 5.00 Å². The van der Waals surface area contributed by atoms with Gasteiger partial charge in [0.2, 0.25) is 11.7 Å². The number of carbonyl (C=O) groups is 1. The van der Waals surface area contributed by atoms with Gasteiger partial charge in [-0.1, -0.05) is 11.8 Å². The molecule has 0 aliphatic carbocycles. The van der Waals surface area contributed by atoms with Crippen molar-refractivity contribution >= 4 is 34.0 Å². The second-order valence-electron chi connectivity index (χ2n) is 6.08. The number of rotatable bonds is 9. The smallest absolute Gasteiger partial charge is 0.235 e. The van der Waals surface area contributed by atoms with Gasteiger partial charge >= 0.3 is 0 Å². The van der Waals surface area contributed by atoms with Crippen LogP contribution in [0.5, 0.6) is 17.2 Å². The fraction of sp³-hybridized carbons (Fsp3) is 0.300. The number of nitrogens with zero attached hydrogens (tertiary/aromatic N) is 4. The zero-order valence-electron chi connectivity index (χ0n) is 17.5. The van der Waals surface area contributed by atoms with Gasteiger partial charge < -0.3 is 24.1 Å². The second kappa shape index (κ2) is 10.2. The molecular weight excluding hydrogens is 438 g/mol. The normalized spacial score (nSPS) is 10.4. The summed E-state index contributed by atoms with van der Waals surface area (Å²) < 4.78 is 18.1. The first-order valence-corrected chi connectivity index (χ1v) is 11.1. The Balaban J connectivity index is 1.81. The number of carbonyl (C=O) groups excluding carboxylic acids is 1. The predicted molar refractivity (Wildman–Crippen MR) is 119 cm³/mol. The SMILES string of the molecule is CCn1c(SCC(=O)Nc2sccc2C#N)nnc1-c1cc(OC)c(OC)c(OC)c1. The molecule has 2 heterocycles. The number of nitriles is 1. The van der Waals surface area contributed by atoms with E-state index in [0.717, 1.165) is 5.56 Å². The largest absolute Gasteiger partial charge is 0.493 e. The molecule has 31 heavy (non-hydrogen) atoms. The molecular formula is C20H21N5O4S2. The van der Waals surface area contributed by atoms with E-state index < -0.39 is 0 Å². The lowest BCUT2D eigenvalue weighted by molar-refractivity contribution is -0.113. The number of amides is 1. The third-order valence-corrected chi connectivity index (χ3v) is 6.12. The Morgan fingerprint density at radius 1 is 1.23 bits per heavy atom. The molecule has 0 atom stereocenters. The Labute approximate surface area is 188 Å². The van der Waals surface area contributed by atoms with Crippen LogP contribution in [-0.4, -0.2) is 47.8 Å². The summed E-state index contributed by atoms with van der Waals surface area (Å²) in [7, 11) is 4.65. The molecule has 3 aromatic rings. The molecule has 0 bridgehead atoms. The van der Waals surface area contributed by atoms with Crippen molar-refractivity contribution in [1.29, 1.82) is 5.26 Å². The zero-order chi connectivity index (χ0) is 22.4. The monoisotopic (exact) mass is 459 g/mol. The highest BCUT2D eigenvalue weighted by molar-refractivity contribution is 7.99. The van der Waals surface area contributed by atoms with Gasteiger partial charge in [-0.05, 0) is 30.5 Å². The molecule has 1 N–H and O–H groups in total. The summed E-state index contributed by atoms with van der Waals surface area (Å²) in [6.45, 7) is 2.58. The average molecular weight is 460 g/mol. The van der Waals surface area contributed by atoms with Crippen molar-refractivity contribution in [2.75, 3.05) is 32.4 Å². The maximum Gasteiger partial charge on any atom is 0.235 e. The van der Waals surface area contributed by atoms with Crippen LogP contribution in [0, 0.1) is 11.3 Å². The predicted octanol–water partition coefficient (Wildman–Crippen LogP) is 3.65. The van der Waals surface area contributed by atoms with E-state index in [1.807, 2.05) is 11.5 Å². The summed E-state index contributed by atoms with van der Waals surface area (Å²) in [4.78, 5) is 12.3. The van der Waals surface area contributed by atoms with E-state index in [4.69, 9.17) is 19.5 Å². The fourth-order valence-electron chi connectivity index (χ4n) is 2.89. The number of methoxy groups -OCH3 is 3. The molecule has 0 saturated heterocycles. The van der Waals surface area contributed by atoms with Crippen molar-refractivity contribution in [2.24, 2.45) is 0 Å². The van der Waals surface area contributed by atoms with Crippen molar-refractivity contribution in [1.82, 2.24) is 14.8 Å². The number of nitrogens with one attached hydrogen (secondary N) is 1. The Hall–Kier alpha value is -3.23. The molecule has 1 aromatic carbocycles. The summed E-state index contributed by atoms with van der Waals surface area (Å²) >= 11 is 2.58. The molecule has 1 amide bonds. The van der Waals surface area contributed by atoms with Crippen LogP contribution in [0.25, 0.3) is 11.4 Å². The standard InChI is InChI=1S/C20H21N5O4S2/c1-5-25-18(13-8-14(27-2)17(29-4)15(9-13)28-3)23-24-20(25)31-11-16(26)22-19-12(10-21)6-7-30-19/h6-9H,5,11H2,1-4H3,(H,22,26). The molecule has 3 rings (SSSR count). The van der Waals surface area contributed by atoms with Crippen LogP contribution in [-0.2, 0) is 11.3 Å². The number of thiophene rings is 1. The Morgan fingerprint density at radius 3 is 2.52 bits per heavy atom. The van der Waals surface area contributed by atoms with E-state index in [1.54, 1.807) is 44.9 Å². The maximum atomic E-state index is 12.3. The molecule has 11 heteroatoms. The highest BCUT2D eigenvalue weighted by atomic mass is 32.2. The summed E-state index contributed by atoms with van der Waals surface area (Å²) in [5.74, 6) is 2.06. The molecule has 162 valence electrons. The summed E-state index contributed by atoms with van der Waals surface area (Å²) in [6, 6.07) is 7.33. The van der Waals surface area contributed by atoms with Crippen molar-refractivity contribution in [3.05, 3.63) is 29.1 Å². The number of ether oxygens (including phenoxy) is 3. The van der Waals surface area contributed by atoms with E-state index in [-0.39, 0.29) is 11.7 Å². The van der Waals surface area contributed by atoms with Gasteiger partial charge in [0.15, 0.2) is 22.5 Å². The van der Waals surface area contributed by atoms with E-state index >= 15 is 0 Å². The summed E-state index contributed by atoms with van der Waals surface area (Å²) in [6.07, 6.45) is 0. The molecule has 9 nitrogen and oxygen atoms in total. The molecule has 0 radical (unpaired) electrons. The number of hydrogen-bond donors (Lipinski definition) is 1. The Morgan fingerprint density at radius 2 is 1.94 bits per heavy atom. The van der Waals surface area contributed by atoms with Crippen LogP contribution in [0.3, 0.4) is 0 Å². The van der Waals surface area contributed by atoms with Crippen molar-refractivity contribution in [3.8, 4) is 34.7 Å². The first kappa shape index (κ1) is 22.5. The lowest BCUT2D eigenvalue weighted by atomic mass is 10.1. The topological polar surface area (TPSA) is 111 Å². The van der Waals surface area contributed by atoms with Gasteiger partial charge in [0.25, 0.3) is 0 Å². The number of hydrogen-bond acceptors (Lipinski definition) is 9. The minimum atomic E-state index is -0.219. The van der Waals surface area contributed by atoms with Crippen molar-refractivity contribution in [3.63, 3.8) is 0 Å². The Kier molecular flexibility index (Phi) is 7.38. The minimum absolute atomic E-state index is 0.135. The number of anilines is 1. The second-order valence-corrected chi connectivity index (χ2v) is 7.94. The first-order valence-electron chi connectivity index (χ1n) is 9.20. The van der Waals surface area contributed by atoms with Gasteiger partial charge in [0.1, 0.15) is 11.1 Å². The van der Waals surface area contributed by atoms with E-state index in [2.05, 4.69) is 21.6 Å². The fourth-order valence-corrected chi connectivity index (χ4v) is 4.45. The van der Waals surface area contributed by atoms with Crippen molar-refractivity contribution < 1.29 is 19.0 Å². The molecule has 0 fully saturated rings. The number of benzene rings is 1. The number of aromatic nitrogens is 3. The molecule has 0 spiro atoms. The first-order chi connectivity index (χ1) is 15.1. The van der Waals surface area contributed by atoms with E-state index in [9.17, 15) is 4.79 Å². The van der Waals surface area contributed by atoms with Crippen LogP contribution in [0.2, 0.25) is 0 Å². The summed E-state index contributed by atoms with van der Waals surface area (Å²) in [5, 5.41) is 23.3. The van der Waals surface area contributed by atoms with Crippen LogP contribution in [0.15, 0.2) is 28.7 Å². The minimum Gasteiger partial charge on any atom is -0.493 e. The van der Waals surface area contributed by atoms with Gasteiger partial charge in [-0.25, -0.2) is 0 Å². The van der Waals surface area contributed by atoms with Crippen LogP contribution >= 0.6 is 23.1 Å². The average Bonchev–Trinajstić information content (AvgIpc) is 3.42. The van der Waals surface area contributed by atoms with Gasteiger partial charge in [0, 0.05) is 12.1 Å². The van der Waals surface area contributed by atoms with E-state index in [0.29, 0.717) is 45.3 Å². The van der Waals surface area contributed by atoms with Crippen LogP contribution in [0.1, 0.15) is 12.5 Å². The van der Waals surface area contributed by atoms with Gasteiger partial charge in [-0.2, -0.15) is 5.26 Å². The summed E-state index contributed by atoms with van der Waals surface area (Å²) in [5.41, 5.74) is 1.20. The van der Waals surface area contributed by atoms with Gasteiger partial charge in [0.05, 0.1) is 32.6 Å². The van der Waals surface area contributed by atoms with Crippen LogP contribution < -0.4 is 19.5 Å². The van der Waals surface area contributed by atoms with Crippen molar-refractivity contribution in [2.45, 2.75) is 18.6 Å².